The van der Waals surface area contributed by atoms with Gasteiger partial charge in [0.05, 0.1) is 0 Å². The number of aryl methyl sites for hydroxylation is 1. The molecule has 2 nitrogen and oxygen atoms in total. The van der Waals surface area contributed by atoms with Crippen molar-refractivity contribution in [3.63, 3.8) is 0 Å². The molecule has 0 bridgehead atoms. The van der Waals surface area contributed by atoms with Crippen molar-refractivity contribution in [2.45, 2.75) is 24.7 Å². The molecule has 0 aromatic heterocycles. The highest BCUT2D eigenvalue weighted by Gasteiger charge is 2.64. The summed E-state index contributed by atoms with van der Waals surface area (Å²) in [6, 6.07) is 15.2. The monoisotopic (exact) mass is 347 g/mol. The second kappa shape index (κ2) is 6.23. The maximum absolute atomic E-state index is 14.3. The molecule has 0 saturated heterocycles. The number of halogens is 3. The molecule has 25 heavy (non-hydrogen) atoms. The van der Waals surface area contributed by atoms with Gasteiger partial charge in [0.15, 0.2) is 11.6 Å². The number of alkyl halides is 3. The van der Waals surface area contributed by atoms with Gasteiger partial charge in [-0.05, 0) is 32.7 Å². The highest BCUT2D eigenvalue weighted by atomic mass is 19.4. The second-order valence-corrected chi connectivity index (χ2v) is 6.54. The molecule has 0 radical (unpaired) electrons. The Morgan fingerprint density at radius 2 is 1.56 bits per heavy atom. The first-order valence-corrected chi connectivity index (χ1v) is 8.01. The van der Waals surface area contributed by atoms with Gasteiger partial charge in [0.1, 0.15) is 5.76 Å². The lowest BCUT2D eigenvalue weighted by atomic mass is 9.77. The van der Waals surface area contributed by atoms with E-state index < -0.39 is 17.8 Å². The van der Waals surface area contributed by atoms with E-state index in [0.717, 1.165) is 5.56 Å². The zero-order chi connectivity index (χ0) is 18.2. The van der Waals surface area contributed by atoms with E-state index in [1.807, 2.05) is 19.1 Å². The lowest BCUT2D eigenvalue weighted by Crippen LogP contribution is -2.54. The predicted octanol–water partition coefficient (Wildman–Crippen LogP) is 4.75. The molecule has 2 atom stereocenters. The van der Waals surface area contributed by atoms with Crippen LogP contribution in [0.5, 0.6) is 0 Å². The third-order valence-corrected chi connectivity index (χ3v) is 4.51. The van der Waals surface area contributed by atoms with Crippen LogP contribution in [0.25, 0.3) is 5.76 Å². The fourth-order valence-electron chi connectivity index (χ4n) is 3.23. The van der Waals surface area contributed by atoms with Gasteiger partial charge >= 0.3 is 6.18 Å². The van der Waals surface area contributed by atoms with Gasteiger partial charge in [-0.15, -0.1) is 0 Å². The number of rotatable bonds is 3. The lowest BCUT2D eigenvalue weighted by Gasteiger charge is -2.38. The molecule has 0 fully saturated rings. The molecule has 2 aromatic carbocycles. The van der Waals surface area contributed by atoms with Crippen molar-refractivity contribution in [3.8, 4) is 0 Å². The summed E-state index contributed by atoms with van der Waals surface area (Å²) in [7, 11) is 3.19. The largest absolute Gasteiger partial charge is 0.473 e. The van der Waals surface area contributed by atoms with Crippen molar-refractivity contribution >= 4 is 5.76 Å². The van der Waals surface area contributed by atoms with Crippen molar-refractivity contribution in [2.24, 2.45) is 0 Å². The first-order chi connectivity index (χ1) is 11.8. The third kappa shape index (κ3) is 2.93. The Balaban J connectivity index is 2.20. The van der Waals surface area contributed by atoms with E-state index in [0.29, 0.717) is 5.56 Å². The molecule has 0 amide bonds. The summed E-state index contributed by atoms with van der Waals surface area (Å²) in [6.07, 6.45) is -4.46. The van der Waals surface area contributed by atoms with Crippen LogP contribution >= 0.6 is 0 Å². The molecular weight excluding hydrogens is 327 g/mol. The summed E-state index contributed by atoms with van der Waals surface area (Å²) in [4.78, 5) is 1.47. The maximum atomic E-state index is 14.3. The third-order valence-electron chi connectivity index (χ3n) is 4.51. The molecule has 0 aliphatic carbocycles. The van der Waals surface area contributed by atoms with E-state index in [9.17, 15) is 13.2 Å². The Morgan fingerprint density at radius 3 is 2.08 bits per heavy atom. The molecule has 5 heteroatoms. The number of nitrogens with zero attached hydrogens (tertiary/aromatic N) is 1. The van der Waals surface area contributed by atoms with Crippen LogP contribution in [0.3, 0.4) is 0 Å². The van der Waals surface area contributed by atoms with Crippen LogP contribution in [0.4, 0.5) is 13.2 Å². The molecule has 0 spiro atoms. The Bertz CT molecular complexity index is 766. The van der Waals surface area contributed by atoms with Crippen molar-refractivity contribution in [1.29, 1.82) is 0 Å². The number of ether oxygens (including phenoxy) is 1. The van der Waals surface area contributed by atoms with E-state index in [1.54, 1.807) is 44.4 Å². The lowest BCUT2D eigenvalue weighted by molar-refractivity contribution is -0.211. The van der Waals surface area contributed by atoms with Crippen LogP contribution in [0.1, 0.15) is 16.7 Å². The van der Waals surface area contributed by atoms with E-state index in [2.05, 4.69) is 0 Å². The van der Waals surface area contributed by atoms with Gasteiger partial charge in [-0.2, -0.15) is 13.2 Å². The van der Waals surface area contributed by atoms with Gasteiger partial charge < -0.3 is 4.74 Å². The molecule has 0 unspecified atom stereocenters. The summed E-state index contributed by atoms with van der Waals surface area (Å²) < 4.78 is 48.8. The van der Waals surface area contributed by atoms with Crippen LogP contribution in [-0.2, 0) is 10.2 Å². The van der Waals surface area contributed by atoms with E-state index in [-0.39, 0.29) is 11.3 Å². The predicted molar refractivity (Wildman–Crippen MR) is 91.9 cm³/mol. The first kappa shape index (κ1) is 17.5. The smallest absolute Gasteiger partial charge is 0.406 e. The number of hydrogen-bond donors (Lipinski definition) is 0. The van der Waals surface area contributed by atoms with E-state index >= 15 is 0 Å². The van der Waals surface area contributed by atoms with Crippen LogP contribution in [-0.4, -0.2) is 31.4 Å². The van der Waals surface area contributed by atoms with Crippen molar-refractivity contribution in [3.05, 3.63) is 77.4 Å². The van der Waals surface area contributed by atoms with E-state index in [1.165, 1.54) is 23.1 Å². The van der Waals surface area contributed by atoms with Gasteiger partial charge in [0.2, 0.25) is 0 Å². The zero-order valence-corrected chi connectivity index (χ0v) is 14.3. The standard InChI is InChI=1S/C20H20F3NO/c1-14-9-11-15(12-10-14)17-13-19(20(21,22)23,18(25-17)24(2)3)16-7-5-4-6-8-16/h4-13,18H,1-3H3/t18-,19+/m1/s1. The molecule has 132 valence electrons. The van der Waals surface area contributed by atoms with Crippen LogP contribution in [0.2, 0.25) is 0 Å². The van der Waals surface area contributed by atoms with Gasteiger partial charge in [-0.1, -0.05) is 60.2 Å². The van der Waals surface area contributed by atoms with Gasteiger partial charge in [0.25, 0.3) is 0 Å². The van der Waals surface area contributed by atoms with Crippen molar-refractivity contribution in [2.75, 3.05) is 14.1 Å². The summed E-state index contributed by atoms with van der Waals surface area (Å²) >= 11 is 0. The summed E-state index contributed by atoms with van der Waals surface area (Å²) in [5.74, 6) is 0.250. The van der Waals surface area contributed by atoms with Gasteiger partial charge in [-0.3, -0.25) is 4.90 Å². The Kier molecular flexibility index (Phi) is 4.37. The van der Waals surface area contributed by atoms with E-state index in [4.69, 9.17) is 4.74 Å². The number of likely N-dealkylation sites (N-methyl/N-ethyl adjacent to an activating group) is 1. The maximum Gasteiger partial charge on any atom is 0.406 e. The van der Waals surface area contributed by atoms with Crippen LogP contribution in [0.15, 0.2) is 60.7 Å². The second-order valence-electron chi connectivity index (χ2n) is 6.54. The average Bonchev–Trinajstić information content (AvgIpc) is 2.98. The molecule has 2 aromatic rings. The highest BCUT2D eigenvalue weighted by Crippen LogP contribution is 2.52. The average molecular weight is 347 g/mol. The Hall–Kier alpha value is -2.27. The van der Waals surface area contributed by atoms with Crippen LogP contribution in [0, 0.1) is 6.92 Å². The molecule has 1 aliphatic heterocycles. The summed E-state index contributed by atoms with van der Waals surface area (Å²) in [6.45, 7) is 1.93. The molecule has 0 N–H and O–H groups in total. The first-order valence-electron chi connectivity index (χ1n) is 8.01. The SMILES string of the molecule is Cc1ccc(C2=C[C@@](c3ccccc3)(C(F)(F)F)[C@H](N(C)C)O2)cc1. The minimum Gasteiger partial charge on any atom is -0.473 e. The minimum absolute atomic E-state index is 0.170. The molecule has 1 heterocycles. The molecule has 0 saturated carbocycles. The quantitative estimate of drug-likeness (QED) is 0.794. The minimum atomic E-state index is -4.50. The van der Waals surface area contributed by atoms with Crippen LogP contribution < -0.4 is 0 Å². The van der Waals surface area contributed by atoms with Crippen molar-refractivity contribution < 1.29 is 17.9 Å². The van der Waals surface area contributed by atoms with Crippen molar-refractivity contribution in [1.82, 2.24) is 4.90 Å². The number of hydrogen-bond acceptors (Lipinski definition) is 2. The summed E-state index contributed by atoms with van der Waals surface area (Å²) in [5.41, 5.74) is -0.377. The fourth-order valence-corrected chi connectivity index (χ4v) is 3.23. The molecular formula is C20H20F3NO. The Labute approximate surface area is 145 Å². The number of benzene rings is 2. The Morgan fingerprint density at radius 1 is 0.960 bits per heavy atom. The zero-order valence-electron chi connectivity index (χ0n) is 14.3. The topological polar surface area (TPSA) is 12.5 Å². The fraction of sp³-hybridized carbons (Fsp3) is 0.300. The highest BCUT2D eigenvalue weighted by molar-refractivity contribution is 5.66. The van der Waals surface area contributed by atoms with Gasteiger partial charge in [-0.25, -0.2) is 0 Å². The van der Waals surface area contributed by atoms with Gasteiger partial charge in [0, 0.05) is 5.56 Å². The molecule has 3 rings (SSSR count). The normalized spacial score (nSPS) is 23.5. The summed E-state index contributed by atoms with van der Waals surface area (Å²) in [5, 5.41) is 0. The molecule has 1 aliphatic rings.